The molecule has 18 heavy (non-hydrogen) atoms. The van der Waals surface area contributed by atoms with Crippen molar-refractivity contribution in [3.63, 3.8) is 0 Å². The Labute approximate surface area is 152 Å². The number of nitrogens with zero attached hydrogens (tertiary/aromatic N) is 1. The molecule has 7 heteroatoms. The Morgan fingerprint density at radius 3 is 1.78 bits per heavy atom. The predicted molar refractivity (Wildman–Crippen MR) is 55.7 cm³/mol. The minimum absolute atomic E-state index is 0. The van der Waals surface area contributed by atoms with Crippen molar-refractivity contribution in [1.29, 1.82) is 0 Å². The molecule has 0 fully saturated rings. The SMILES string of the molecule is CCCCCCCCN=C(C(=O)[O-])C(=O)[O-].[Na+].[Na+]. The summed E-state index contributed by atoms with van der Waals surface area (Å²) in [6, 6.07) is 0. The van der Waals surface area contributed by atoms with Gasteiger partial charge >= 0.3 is 59.1 Å². The van der Waals surface area contributed by atoms with Gasteiger partial charge in [0, 0.05) is 6.54 Å². The first kappa shape index (κ1) is 23.7. The number of carbonyl (C=O) groups is 2. The Balaban J connectivity index is -0.00000112. The number of carboxylic acids is 2. The van der Waals surface area contributed by atoms with Gasteiger partial charge in [0.25, 0.3) is 0 Å². The Bertz CT molecular complexity index is 254. The van der Waals surface area contributed by atoms with Crippen LogP contribution in [-0.2, 0) is 9.59 Å². The van der Waals surface area contributed by atoms with E-state index in [2.05, 4.69) is 11.9 Å². The van der Waals surface area contributed by atoms with E-state index in [9.17, 15) is 19.8 Å². The second-order valence-electron chi connectivity index (χ2n) is 3.57. The van der Waals surface area contributed by atoms with Crippen LogP contribution in [0.4, 0.5) is 0 Å². The quantitative estimate of drug-likeness (QED) is 0.181. The maximum atomic E-state index is 10.3. The van der Waals surface area contributed by atoms with E-state index in [0.29, 0.717) is 6.42 Å². The van der Waals surface area contributed by atoms with Crippen molar-refractivity contribution in [1.82, 2.24) is 0 Å². The van der Waals surface area contributed by atoms with E-state index in [-0.39, 0.29) is 65.7 Å². The molecule has 0 saturated carbocycles. The number of aliphatic carboxylic acids is 2. The molecule has 0 amide bonds. The first-order valence-electron chi connectivity index (χ1n) is 5.56. The van der Waals surface area contributed by atoms with Crippen LogP contribution in [0, 0.1) is 0 Å². The van der Waals surface area contributed by atoms with Gasteiger partial charge in [0.15, 0.2) is 0 Å². The topological polar surface area (TPSA) is 92.6 Å². The summed E-state index contributed by atoms with van der Waals surface area (Å²) in [6.07, 6.45) is 6.18. The summed E-state index contributed by atoms with van der Waals surface area (Å²) < 4.78 is 0. The molecule has 0 spiro atoms. The smallest absolute Gasteiger partial charge is 0.543 e. The normalized spacial score (nSPS) is 8.72. The molecule has 0 aromatic heterocycles. The van der Waals surface area contributed by atoms with Crippen LogP contribution in [0.2, 0.25) is 0 Å². The van der Waals surface area contributed by atoms with Crippen molar-refractivity contribution in [3.8, 4) is 0 Å². The van der Waals surface area contributed by atoms with Crippen LogP contribution < -0.4 is 69.3 Å². The number of hydrogen-bond donors (Lipinski definition) is 0. The predicted octanol–water partition coefficient (Wildman–Crippen LogP) is -6.70. The second-order valence-corrected chi connectivity index (χ2v) is 3.57. The van der Waals surface area contributed by atoms with Gasteiger partial charge in [-0.1, -0.05) is 39.0 Å². The summed E-state index contributed by atoms with van der Waals surface area (Å²) in [6.45, 7) is 2.32. The third-order valence-corrected chi connectivity index (χ3v) is 2.17. The Morgan fingerprint density at radius 1 is 0.889 bits per heavy atom. The van der Waals surface area contributed by atoms with Crippen molar-refractivity contribution in [2.75, 3.05) is 6.54 Å². The van der Waals surface area contributed by atoms with Gasteiger partial charge in [-0.3, -0.25) is 4.99 Å². The molecule has 0 unspecified atom stereocenters. The molecule has 0 saturated heterocycles. The van der Waals surface area contributed by atoms with Crippen LogP contribution in [-0.4, -0.2) is 24.2 Å². The average Bonchev–Trinajstić information content (AvgIpc) is 2.21. The molecule has 0 bridgehead atoms. The molecule has 5 nitrogen and oxygen atoms in total. The van der Waals surface area contributed by atoms with Gasteiger partial charge < -0.3 is 19.8 Å². The van der Waals surface area contributed by atoms with Crippen LogP contribution in [0.25, 0.3) is 0 Å². The minimum Gasteiger partial charge on any atom is -0.543 e. The third kappa shape index (κ3) is 13.1. The molecule has 0 aromatic carbocycles. The summed E-state index contributed by atoms with van der Waals surface area (Å²) in [5.41, 5.74) is -0.992. The maximum Gasteiger partial charge on any atom is 1.00 e. The monoisotopic (exact) mass is 273 g/mol. The zero-order valence-corrected chi connectivity index (χ0v) is 15.5. The summed E-state index contributed by atoms with van der Waals surface area (Å²) >= 11 is 0. The Morgan fingerprint density at radius 2 is 1.33 bits per heavy atom. The van der Waals surface area contributed by atoms with E-state index < -0.39 is 17.7 Å². The molecule has 0 aliphatic heterocycles. The Kier molecular flexibility index (Phi) is 20.6. The molecule has 0 rings (SSSR count). The van der Waals surface area contributed by atoms with E-state index in [1.165, 1.54) is 6.42 Å². The fourth-order valence-electron chi connectivity index (χ4n) is 1.30. The summed E-state index contributed by atoms with van der Waals surface area (Å²) in [5, 5.41) is 20.6. The van der Waals surface area contributed by atoms with Gasteiger partial charge in [-0.2, -0.15) is 0 Å². The Hall–Kier alpha value is 0.610. The molecule has 0 heterocycles. The zero-order chi connectivity index (χ0) is 12.4. The van der Waals surface area contributed by atoms with Crippen LogP contribution >= 0.6 is 0 Å². The largest absolute Gasteiger partial charge is 1.00 e. The van der Waals surface area contributed by atoms with E-state index in [1.807, 2.05) is 0 Å². The van der Waals surface area contributed by atoms with Crippen LogP contribution in [0.5, 0.6) is 0 Å². The summed E-state index contributed by atoms with van der Waals surface area (Å²) in [7, 11) is 0. The van der Waals surface area contributed by atoms with E-state index in [1.54, 1.807) is 0 Å². The number of carbonyl (C=O) groups excluding carboxylic acids is 2. The summed E-state index contributed by atoms with van der Waals surface area (Å²) in [5.74, 6) is -3.57. The van der Waals surface area contributed by atoms with E-state index in [4.69, 9.17) is 0 Å². The van der Waals surface area contributed by atoms with Gasteiger partial charge in [-0.05, 0) is 6.42 Å². The number of carboxylic acid groups (broad SMARTS) is 2. The minimum atomic E-state index is -1.79. The standard InChI is InChI=1S/C11H19NO4.2Na/c1-2-3-4-5-6-7-8-12-9(10(13)14)11(15)16;;/h2-8H2,1H3,(H,13,14)(H,15,16);;/q;2*+1/p-2. The van der Waals surface area contributed by atoms with Crippen molar-refractivity contribution in [2.45, 2.75) is 45.4 Å². The number of unbranched alkanes of at least 4 members (excludes halogenated alkanes) is 5. The molecule has 0 atom stereocenters. The molecular weight excluding hydrogens is 256 g/mol. The van der Waals surface area contributed by atoms with Gasteiger partial charge in [0.2, 0.25) is 0 Å². The molecule has 0 radical (unpaired) electrons. The zero-order valence-electron chi connectivity index (χ0n) is 11.5. The molecule has 0 aliphatic carbocycles. The first-order chi connectivity index (χ1) is 7.59. The fraction of sp³-hybridized carbons (Fsp3) is 0.727. The van der Waals surface area contributed by atoms with Crippen molar-refractivity contribution in [2.24, 2.45) is 4.99 Å². The molecule has 0 aliphatic rings. The molecular formula is C11H17NNa2O4. The molecule has 0 aromatic rings. The van der Waals surface area contributed by atoms with Crippen LogP contribution in [0.1, 0.15) is 45.4 Å². The average molecular weight is 273 g/mol. The molecule has 0 N–H and O–H groups in total. The number of aliphatic imine (C=N–C) groups is 1. The van der Waals surface area contributed by atoms with Gasteiger partial charge in [0.05, 0.1) is 11.9 Å². The van der Waals surface area contributed by atoms with Crippen LogP contribution in [0.3, 0.4) is 0 Å². The molecule has 92 valence electrons. The van der Waals surface area contributed by atoms with Crippen molar-refractivity contribution < 1.29 is 78.9 Å². The number of rotatable bonds is 9. The fourth-order valence-corrected chi connectivity index (χ4v) is 1.30. The van der Waals surface area contributed by atoms with Gasteiger partial charge in [-0.25, -0.2) is 0 Å². The maximum absolute atomic E-state index is 10.3. The van der Waals surface area contributed by atoms with Crippen molar-refractivity contribution >= 4 is 17.7 Å². The number of hydrogen-bond acceptors (Lipinski definition) is 5. The van der Waals surface area contributed by atoms with E-state index >= 15 is 0 Å². The van der Waals surface area contributed by atoms with E-state index in [0.717, 1.165) is 25.7 Å². The van der Waals surface area contributed by atoms with Crippen molar-refractivity contribution in [3.05, 3.63) is 0 Å². The van der Waals surface area contributed by atoms with Gasteiger partial charge in [-0.15, -0.1) is 0 Å². The van der Waals surface area contributed by atoms with Crippen LogP contribution in [0.15, 0.2) is 4.99 Å². The van der Waals surface area contributed by atoms with Gasteiger partial charge in [0.1, 0.15) is 5.71 Å². The first-order valence-corrected chi connectivity index (χ1v) is 5.56. The summed E-state index contributed by atoms with van der Waals surface area (Å²) in [4.78, 5) is 24.0. The third-order valence-electron chi connectivity index (χ3n) is 2.17. The second kappa shape index (κ2) is 15.7.